The van der Waals surface area contributed by atoms with Gasteiger partial charge >= 0.3 is 5.97 Å². The smallest absolute Gasteiger partial charge is 0.340 e. The minimum atomic E-state index is -0.300. The van der Waals surface area contributed by atoms with Crippen molar-refractivity contribution in [3.63, 3.8) is 0 Å². The van der Waals surface area contributed by atoms with Crippen molar-refractivity contribution in [2.45, 2.75) is 59.8 Å². The first kappa shape index (κ1) is 21.5. The van der Waals surface area contributed by atoms with E-state index in [0.29, 0.717) is 25.0 Å². The molecule has 1 atom stereocenters. The number of hydrogen-bond acceptors (Lipinski definition) is 4. The summed E-state index contributed by atoms with van der Waals surface area (Å²) in [6.07, 6.45) is 4.64. The summed E-state index contributed by atoms with van der Waals surface area (Å²) >= 11 is 0. The van der Waals surface area contributed by atoms with Gasteiger partial charge in [-0.25, -0.2) is 4.79 Å². The van der Waals surface area contributed by atoms with Gasteiger partial charge in [0.2, 0.25) is 5.91 Å². The summed E-state index contributed by atoms with van der Waals surface area (Å²) in [5.74, 6) is 0.554. The zero-order valence-corrected chi connectivity index (χ0v) is 17.3. The molecule has 0 saturated carbocycles. The van der Waals surface area contributed by atoms with E-state index in [2.05, 4.69) is 22.1 Å². The minimum Gasteiger partial charge on any atom is -0.462 e. The number of aromatic nitrogens is 1. The highest BCUT2D eigenvalue weighted by atomic mass is 16.5. The Morgan fingerprint density at radius 1 is 1.33 bits per heavy atom. The molecule has 0 bridgehead atoms. The molecular formula is C21H35N3O3. The minimum absolute atomic E-state index is 0.0614. The molecule has 2 N–H and O–H groups in total. The van der Waals surface area contributed by atoms with E-state index in [1.54, 1.807) is 6.92 Å². The van der Waals surface area contributed by atoms with Crippen LogP contribution in [0.2, 0.25) is 0 Å². The molecule has 1 saturated heterocycles. The van der Waals surface area contributed by atoms with Gasteiger partial charge in [-0.2, -0.15) is 0 Å². The lowest BCUT2D eigenvalue weighted by molar-refractivity contribution is -0.121. The second-order valence-corrected chi connectivity index (χ2v) is 7.70. The lowest BCUT2D eigenvalue weighted by atomic mass is 10.0. The molecule has 1 aromatic heterocycles. The molecule has 0 radical (unpaired) electrons. The molecule has 2 rings (SSSR count). The fourth-order valence-corrected chi connectivity index (χ4v) is 3.92. The van der Waals surface area contributed by atoms with Crippen LogP contribution in [0.3, 0.4) is 0 Å². The summed E-state index contributed by atoms with van der Waals surface area (Å²) in [5, 5.41) is 3.02. The maximum Gasteiger partial charge on any atom is 0.340 e. The van der Waals surface area contributed by atoms with E-state index in [0.717, 1.165) is 42.4 Å². The Kier molecular flexibility index (Phi) is 8.35. The van der Waals surface area contributed by atoms with Gasteiger partial charge < -0.3 is 19.9 Å². The molecule has 27 heavy (non-hydrogen) atoms. The number of rotatable bonds is 9. The van der Waals surface area contributed by atoms with E-state index in [4.69, 9.17) is 4.74 Å². The summed E-state index contributed by atoms with van der Waals surface area (Å²) in [7, 11) is 0. The largest absolute Gasteiger partial charge is 0.462 e. The maximum absolute atomic E-state index is 12.1. The number of carbonyl (C=O) groups is 2. The van der Waals surface area contributed by atoms with E-state index in [9.17, 15) is 9.59 Å². The number of aromatic amines is 1. The predicted octanol–water partition coefficient (Wildman–Crippen LogP) is 2.98. The molecule has 1 aliphatic rings. The molecule has 0 spiro atoms. The Morgan fingerprint density at radius 3 is 2.81 bits per heavy atom. The molecule has 1 amide bonds. The molecule has 6 heteroatoms. The summed E-state index contributed by atoms with van der Waals surface area (Å²) in [4.78, 5) is 29.9. The number of nitrogens with one attached hydrogen (secondary N) is 2. The topological polar surface area (TPSA) is 74.4 Å². The second-order valence-electron chi connectivity index (χ2n) is 7.70. The first-order valence-corrected chi connectivity index (χ1v) is 10.3. The summed E-state index contributed by atoms with van der Waals surface area (Å²) < 4.78 is 5.11. The Labute approximate surface area is 163 Å². The number of carbonyl (C=O) groups excluding carboxylic acids is 2. The van der Waals surface area contributed by atoms with Gasteiger partial charge in [-0.3, -0.25) is 4.79 Å². The Bertz CT molecular complexity index is 639. The van der Waals surface area contributed by atoms with Gasteiger partial charge in [0, 0.05) is 30.9 Å². The number of aryl methyl sites for hydroxylation is 2. The SMILES string of the molecule is CCOC(=O)c1c(C)[nH]c(CCC(=O)NCCCN2CCC[C@@H](C)C2)c1C. The fourth-order valence-electron chi connectivity index (χ4n) is 3.92. The van der Waals surface area contributed by atoms with Crippen molar-refractivity contribution >= 4 is 11.9 Å². The fraction of sp³-hybridized carbons (Fsp3) is 0.714. The number of piperidine rings is 1. The zero-order chi connectivity index (χ0) is 19.8. The van der Waals surface area contributed by atoms with Crippen molar-refractivity contribution in [1.82, 2.24) is 15.2 Å². The third-order valence-corrected chi connectivity index (χ3v) is 5.34. The van der Waals surface area contributed by atoms with Crippen LogP contribution >= 0.6 is 0 Å². The first-order valence-electron chi connectivity index (χ1n) is 10.3. The van der Waals surface area contributed by atoms with E-state index >= 15 is 0 Å². The summed E-state index contributed by atoms with van der Waals surface area (Å²) in [6.45, 7) is 12.4. The zero-order valence-electron chi connectivity index (χ0n) is 17.3. The number of hydrogen-bond donors (Lipinski definition) is 2. The van der Waals surface area contributed by atoms with Crippen LogP contribution < -0.4 is 5.32 Å². The van der Waals surface area contributed by atoms with Crippen molar-refractivity contribution in [3.8, 4) is 0 Å². The van der Waals surface area contributed by atoms with Gasteiger partial charge in [-0.15, -0.1) is 0 Å². The van der Waals surface area contributed by atoms with E-state index in [-0.39, 0.29) is 11.9 Å². The van der Waals surface area contributed by atoms with Crippen LogP contribution in [0.1, 0.15) is 66.8 Å². The highest BCUT2D eigenvalue weighted by molar-refractivity contribution is 5.92. The van der Waals surface area contributed by atoms with Crippen molar-refractivity contribution < 1.29 is 14.3 Å². The number of ether oxygens (including phenoxy) is 1. The van der Waals surface area contributed by atoms with Crippen LogP contribution in [0, 0.1) is 19.8 Å². The van der Waals surface area contributed by atoms with Crippen LogP contribution in [-0.2, 0) is 16.0 Å². The van der Waals surface area contributed by atoms with Crippen LogP contribution in [0.15, 0.2) is 0 Å². The first-order chi connectivity index (χ1) is 12.9. The van der Waals surface area contributed by atoms with Crippen molar-refractivity contribution in [3.05, 3.63) is 22.5 Å². The normalized spacial score (nSPS) is 17.7. The van der Waals surface area contributed by atoms with Crippen molar-refractivity contribution in [2.75, 3.05) is 32.8 Å². The number of likely N-dealkylation sites (tertiary alicyclic amines) is 1. The van der Waals surface area contributed by atoms with Gasteiger partial charge in [0.1, 0.15) is 0 Å². The van der Waals surface area contributed by atoms with Crippen LogP contribution in [0.4, 0.5) is 0 Å². The number of esters is 1. The molecule has 0 unspecified atom stereocenters. The standard InChI is InChI=1S/C21H35N3O3/c1-5-27-21(26)20-16(3)18(23-17(20)4)9-10-19(25)22-11-7-13-24-12-6-8-15(2)14-24/h15,23H,5-14H2,1-4H3,(H,22,25)/t15-/m1/s1. The highest BCUT2D eigenvalue weighted by Crippen LogP contribution is 2.20. The molecule has 1 fully saturated rings. The second kappa shape index (κ2) is 10.5. The average molecular weight is 378 g/mol. The van der Waals surface area contributed by atoms with E-state index in [1.165, 1.54) is 25.9 Å². The average Bonchev–Trinajstić information content (AvgIpc) is 2.91. The number of amides is 1. The quantitative estimate of drug-likeness (QED) is 0.512. The molecule has 152 valence electrons. The molecule has 0 aliphatic carbocycles. The number of nitrogens with zero attached hydrogens (tertiary/aromatic N) is 1. The van der Waals surface area contributed by atoms with Crippen molar-refractivity contribution in [2.24, 2.45) is 5.92 Å². The van der Waals surface area contributed by atoms with Crippen LogP contribution in [-0.4, -0.2) is 54.5 Å². The lowest BCUT2D eigenvalue weighted by Crippen LogP contribution is -2.36. The molecule has 1 aliphatic heterocycles. The van der Waals surface area contributed by atoms with Gasteiger partial charge in [-0.05, 0) is 71.0 Å². The van der Waals surface area contributed by atoms with Crippen LogP contribution in [0.5, 0.6) is 0 Å². The Hall–Kier alpha value is -1.82. The van der Waals surface area contributed by atoms with Gasteiger partial charge in [0.05, 0.1) is 12.2 Å². The monoisotopic (exact) mass is 377 g/mol. The Balaban J connectivity index is 1.71. The third kappa shape index (κ3) is 6.38. The predicted molar refractivity (Wildman–Crippen MR) is 107 cm³/mol. The molecule has 2 heterocycles. The number of H-pyrrole nitrogens is 1. The molecule has 6 nitrogen and oxygen atoms in total. The molecular weight excluding hydrogens is 342 g/mol. The maximum atomic E-state index is 12.1. The molecule has 1 aromatic rings. The van der Waals surface area contributed by atoms with Gasteiger partial charge in [0.25, 0.3) is 0 Å². The summed E-state index contributed by atoms with van der Waals surface area (Å²) in [6, 6.07) is 0. The van der Waals surface area contributed by atoms with E-state index in [1.807, 2.05) is 13.8 Å². The highest BCUT2D eigenvalue weighted by Gasteiger charge is 2.19. The van der Waals surface area contributed by atoms with Crippen molar-refractivity contribution in [1.29, 1.82) is 0 Å². The lowest BCUT2D eigenvalue weighted by Gasteiger charge is -2.30. The van der Waals surface area contributed by atoms with Gasteiger partial charge in [0.15, 0.2) is 0 Å². The van der Waals surface area contributed by atoms with Crippen LogP contribution in [0.25, 0.3) is 0 Å². The van der Waals surface area contributed by atoms with Gasteiger partial charge in [-0.1, -0.05) is 6.92 Å². The Morgan fingerprint density at radius 2 is 2.11 bits per heavy atom. The van der Waals surface area contributed by atoms with E-state index < -0.39 is 0 Å². The summed E-state index contributed by atoms with van der Waals surface area (Å²) in [5.41, 5.74) is 3.23. The molecule has 0 aromatic carbocycles. The third-order valence-electron chi connectivity index (χ3n) is 5.34.